The zero-order valence-electron chi connectivity index (χ0n) is 12.1. The maximum Gasteiger partial charge on any atom is 0.122 e. The Morgan fingerprint density at radius 2 is 2.24 bits per heavy atom. The van der Waals surface area contributed by atoms with E-state index in [0.717, 1.165) is 41.8 Å². The molecule has 21 heavy (non-hydrogen) atoms. The molecule has 1 atom stereocenters. The number of fused-ring (bicyclic) bond motifs is 1. The van der Waals surface area contributed by atoms with E-state index in [9.17, 15) is 0 Å². The number of rotatable bonds is 5. The quantitative estimate of drug-likeness (QED) is 0.896. The minimum Gasteiger partial charge on any atom is -0.493 e. The average Bonchev–Trinajstić information content (AvgIpc) is 2.97. The van der Waals surface area contributed by atoms with Gasteiger partial charge in [-0.05, 0) is 65.1 Å². The molecule has 1 aliphatic rings. The summed E-state index contributed by atoms with van der Waals surface area (Å²) in [5.41, 5.74) is 3.80. The highest BCUT2D eigenvalue weighted by Gasteiger charge is 2.14. The fourth-order valence-electron chi connectivity index (χ4n) is 2.74. The van der Waals surface area contributed by atoms with Crippen molar-refractivity contribution in [2.45, 2.75) is 25.3 Å². The van der Waals surface area contributed by atoms with Gasteiger partial charge < -0.3 is 10.1 Å². The Hall–Kier alpha value is -1.39. The van der Waals surface area contributed by atoms with E-state index in [0.29, 0.717) is 0 Å². The topological polar surface area (TPSA) is 34.1 Å². The van der Waals surface area contributed by atoms with Gasteiger partial charge in [-0.25, -0.2) is 0 Å². The van der Waals surface area contributed by atoms with E-state index in [4.69, 9.17) is 4.74 Å². The lowest BCUT2D eigenvalue weighted by molar-refractivity contribution is 0.357. The van der Waals surface area contributed by atoms with Gasteiger partial charge in [0.25, 0.3) is 0 Å². The lowest BCUT2D eigenvalue weighted by Gasteiger charge is -2.16. The van der Waals surface area contributed by atoms with Crippen LogP contribution in [-0.2, 0) is 12.8 Å². The van der Waals surface area contributed by atoms with Crippen LogP contribution < -0.4 is 10.1 Å². The van der Waals surface area contributed by atoms with Crippen LogP contribution in [0.15, 0.2) is 41.0 Å². The summed E-state index contributed by atoms with van der Waals surface area (Å²) in [5.74, 6) is 1.05. The number of benzene rings is 1. The number of halogens is 1. The van der Waals surface area contributed by atoms with Gasteiger partial charge in [-0.1, -0.05) is 12.1 Å². The van der Waals surface area contributed by atoms with Crippen molar-refractivity contribution in [3.63, 3.8) is 0 Å². The van der Waals surface area contributed by atoms with E-state index in [1.54, 1.807) is 0 Å². The summed E-state index contributed by atoms with van der Waals surface area (Å²) >= 11 is 3.43. The Balaban J connectivity index is 1.66. The molecule has 3 nitrogen and oxygen atoms in total. The van der Waals surface area contributed by atoms with Gasteiger partial charge in [-0.15, -0.1) is 0 Å². The third kappa shape index (κ3) is 3.44. The Morgan fingerprint density at radius 3 is 3.00 bits per heavy atom. The first-order valence-electron chi connectivity index (χ1n) is 7.29. The molecule has 0 spiro atoms. The number of aryl methyl sites for hydroxylation is 1. The van der Waals surface area contributed by atoms with Gasteiger partial charge in [0.15, 0.2) is 0 Å². The average molecular weight is 347 g/mol. The van der Waals surface area contributed by atoms with Gasteiger partial charge in [0.05, 0.1) is 12.3 Å². The lowest BCUT2D eigenvalue weighted by atomic mass is 10.0. The van der Waals surface area contributed by atoms with Crippen LogP contribution in [-0.4, -0.2) is 18.6 Å². The van der Waals surface area contributed by atoms with Crippen LogP contribution in [0.5, 0.6) is 5.75 Å². The van der Waals surface area contributed by atoms with Crippen molar-refractivity contribution in [3.8, 4) is 5.75 Å². The molecule has 0 saturated carbocycles. The zero-order valence-corrected chi connectivity index (χ0v) is 13.7. The Kier molecular flexibility index (Phi) is 4.56. The molecule has 1 aliphatic heterocycles. The smallest absolute Gasteiger partial charge is 0.122 e. The van der Waals surface area contributed by atoms with Gasteiger partial charge in [0.1, 0.15) is 5.75 Å². The molecule has 1 aromatic heterocycles. The first-order valence-corrected chi connectivity index (χ1v) is 8.09. The molecule has 2 aromatic rings. The molecule has 1 N–H and O–H groups in total. The van der Waals surface area contributed by atoms with Gasteiger partial charge in [0, 0.05) is 23.1 Å². The van der Waals surface area contributed by atoms with Crippen molar-refractivity contribution in [2.75, 3.05) is 13.7 Å². The highest BCUT2D eigenvalue weighted by molar-refractivity contribution is 9.10. The van der Waals surface area contributed by atoms with E-state index < -0.39 is 0 Å². The molecule has 0 radical (unpaired) electrons. The highest BCUT2D eigenvalue weighted by atomic mass is 79.9. The van der Waals surface area contributed by atoms with E-state index in [-0.39, 0.29) is 6.04 Å². The van der Waals surface area contributed by atoms with E-state index in [1.807, 2.05) is 19.3 Å². The third-order valence-electron chi connectivity index (χ3n) is 3.93. The van der Waals surface area contributed by atoms with Gasteiger partial charge in [0.2, 0.25) is 0 Å². The van der Waals surface area contributed by atoms with Gasteiger partial charge >= 0.3 is 0 Å². The van der Waals surface area contributed by atoms with Crippen molar-refractivity contribution < 1.29 is 4.74 Å². The molecule has 1 unspecified atom stereocenters. The Labute approximate surface area is 133 Å². The van der Waals surface area contributed by atoms with Crippen LogP contribution in [0.1, 0.15) is 29.3 Å². The molecule has 4 heteroatoms. The molecule has 0 aliphatic carbocycles. The fourth-order valence-corrected chi connectivity index (χ4v) is 2.97. The maximum atomic E-state index is 5.55. The summed E-state index contributed by atoms with van der Waals surface area (Å²) < 4.78 is 6.57. The van der Waals surface area contributed by atoms with Crippen LogP contribution in [0.2, 0.25) is 0 Å². The SMILES string of the molecule is CNC(CCc1ccc2c(c1)CCO2)c1ccc(Br)cn1. The summed E-state index contributed by atoms with van der Waals surface area (Å²) in [6, 6.07) is 10.9. The molecule has 2 heterocycles. The van der Waals surface area contributed by atoms with Crippen molar-refractivity contribution in [3.05, 3.63) is 57.8 Å². The maximum absolute atomic E-state index is 5.55. The second kappa shape index (κ2) is 6.58. The Bertz CT molecular complexity index is 613. The van der Waals surface area contributed by atoms with Crippen LogP contribution in [0, 0.1) is 0 Å². The molecular formula is C17H19BrN2O. The minimum atomic E-state index is 0.280. The lowest BCUT2D eigenvalue weighted by Crippen LogP contribution is -2.18. The molecule has 0 saturated heterocycles. The monoisotopic (exact) mass is 346 g/mol. The van der Waals surface area contributed by atoms with Crippen molar-refractivity contribution >= 4 is 15.9 Å². The number of nitrogens with zero attached hydrogens (tertiary/aromatic N) is 1. The summed E-state index contributed by atoms with van der Waals surface area (Å²) in [4.78, 5) is 4.49. The summed E-state index contributed by atoms with van der Waals surface area (Å²) in [6.45, 7) is 0.820. The molecule has 3 rings (SSSR count). The second-order valence-corrected chi connectivity index (χ2v) is 6.24. The largest absolute Gasteiger partial charge is 0.493 e. The first-order chi connectivity index (χ1) is 10.3. The summed E-state index contributed by atoms with van der Waals surface area (Å²) in [6.07, 6.45) is 4.96. The van der Waals surface area contributed by atoms with Crippen LogP contribution >= 0.6 is 15.9 Å². The molecule has 1 aromatic carbocycles. The first kappa shape index (κ1) is 14.5. The number of ether oxygens (including phenoxy) is 1. The third-order valence-corrected chi connectivity index (χ3v) is 4.40. The van der Waals surface area contributed by atoms with E-state index in [1.165, 1.54) is 11.1 Å². The van der Waals surface area contributed by atoms with Crippen LogP contribution in [0.25, 0.3) is 0 Å². The second-order valence-electron chi connectivity index (χ2n) is 5.32. The van der Waals surface area contributed by atoms with Gasteiger partial charge in [-0.2, -0.15) is 0 Å². The minimum absolute atomic E-state index is 0.280. The Morgan fingerprint density at radius 1 is 1.33 bits per heavy atom. The summed E-state index contributed by atoms with van der Waals surface area (Å²) in [5, 5.41) is 3.36. The van der Waals surface area contributed by atoms with E-state index >= 15 is 0 Å². The number of hydrogen-bond acceptors (Lipinski definition) is 3. The van der Waals surface area contributed by atoms with Crippen LogP contribution in [0.3, 0.4) is 0 Å². The normalized spacial score (nSPS) is 14.6. The number of nitrogens with one attached hydrogen (secondary N) is 1. The van der Waals surface area contributed by atoms with Gasteiger partial charge in [-0.3, -0.25) is 4.98 Å². The summed E-state index contributed by atoms with van der Waals surface area (Å²) in [7, 11) is 1.99. The van der Waals surface area contributed by atoms with Crippen LogP contribution in [0.4, 0.5) is 0 Å². The fraction of sp³-hybridized carbons (Fsp3) is 0.353. The predicted octanol–water partition coefficient (Wildman–Crippen LogP) is 3.67. The zero-order chi connectivity index (χ0) is 14.7. The molecular weight excluding hydrogens is 328 g/mol. The van der Waals surface area contributed by atoms with E-state index in [2.05, 4.69) is 50.5 Å². The number of pyridine rings is 1. The number of aromatic nitrogens is 1. The molecule has 0 fully saturated rings. The van der Waals surface area contributed by atoms with Crippen molar-refractivity contribution in [2.24, 2.45) is 0 Å². The van der Waals surface area contributed by atoms with Crippen molar-refractivity contribution in [1.82, 2.24) is 10.3 Å². The molecule has 0 amide bonds. The number of hydrogen-bond donors (Lipinski definition) is 1. The highest BCUT2D eigenvalue weighted by Crippen LogP contribution is 2.27. The predicted molar refractivity (Wildman–Crippen MR) is 87.7 cm³/mol. The molecule has 110 valence electrons. The van der Waals surface area contributed by atoms with Crippen molar-refractivity contribution in [1.29, 1.82) is 0 Å². The molecule has 0 bridgehead atoms. The standard InChI is InChI=1S/C17H19BrN2O/c1-19-15(16-6-4-14(18)11-20-16)5-2-12-3-7-17-13(10-12)8-9-21-17/h3-4,6-7,10-11,15,19H,2,5,8-9H2,1H3.